The number of oxime groups is 1. The van der Waals surface area contributed by atoms with Crippen LogP contribution in [-0.2, 0) is 43.0 Å². The van der Waals surface area contributed by atoms with Crippen molar-refractivity contribution in [2.75, 3.05) is 26.6 Å². The molecule has 3 amide bonds. The van der Waals surface area contributed by atoms with Gasteiger partial charge >= 0.3 is 18.0 Å². The van der Waals surface area contributed by atoms with E-state index in [1.165, 1.54) is 59.1 Å². The number of nitrogens with two attached hydrogens (primary N) is 1. The molecule has 3 heterocycles. The number of esters is 2. The molecule has 3 rings (SSSR count). The summed E-state index contributed by atoms with van der Waals surface area (Å²) in [4.78, 5) is 68.5. The van der Waals surface area contributed by atoms with Gasteiger partial charge in [0.05, 0.1) is 6.26 Å². The van der Waals surface area contributed by atoms with Gasteiger partial charge in [-0.3, -0.25) is 14.5 Å². The van der Waals surface area contributed by atoms with Gasteiger partial charge in [-0.05, 0) is 26.0 Å². The number of ether oxygens (including phenoxy) is 4. The third-order valence-corrected chi connectivity index (χ3v) is 6.96. The Kier molecular flexibility index (Phi) is 9.24. The number of thioether (sulfide) groups is 1. The van der Waals surface area contributed by atoms with Crippen molar-refractivity contribution in [3.63, 3.8) is 0 Å². The maximum atomic E-state index is 13.2. The Balaban J connectivity index is 1.79. The summed E-state index contributed by atoms with van der Waals surface area (Å²) in [5.74, 6) is -2.96. The van der Waals surface area contributed by atoms with E-state index in [-0.39, 0.29) is 28.5 Å². The number of hydrogen-bond donors (Lipinski definition) is 2. The Morgan fingerprint density at radius 1 is 1.28 bits per heavy atom. The predicted octanol–water partition coefficient (Wildman–Crippen LogP) is 0.237. The van der Waals surface area contributed by atoms with E-state index < -0.39 is 59.8 Å². The summed E-state index contributed by atoms with van der Waals surface area (Å²) in [6.45, 7) is 3.85. The number of β-lactam (4-membered cyclic amide) rings is 1. The fraction of sp³-hybridized carbons (Fsp3) is 0.478. The minimum Gasteiger partial charge on any atom is -0.462 e. The Morgan fingerprint density at radius 3 is 2.59 bits per heavy atom. The molecule has 0 saturated carbocycles. The molecular weight excluding hydrogens is 540 g/mol. The van der Waals surface area contributed by atoms with Crippen molar-refractivity contribution in [1.29, 1.82) is 0 Å². The standard InChI is InChI=1S/C23H28N4O11S/c1-11(38-21(31)23(2,3)33-4)37-20(30)16-12(9-36-22(24)32)10-39-19-15(18(29)27(16)19)25-17(28)14(26-34-5)13-7-6-8-35-13/h6-8,11,15,19H,9-10H2,1-5H3,(H2,24,32)(H,25,28)/b26-14-. The minimum absolute atomic E-state index is 0.115. The molecule has 39 heavy (non-hydrogen) atoms. The van der Waals surface area contributed by atoms with Crippen LogP contribution in [0.3, 0.4) is 0 Å². The van der Waals surface area contributed by atoms with E-state index in [0.29, 0.717) is 0 Å². The van der Waals surface area contributed by atoms with E-state index in [0.717, 1.165) is 4.90 Å². The highest BCUT2D eigenvalue weighted by Gasteiger charge is 2.55. The zero-order chi connectivity index (χ0) is 28.9. The van der Waals surface area contributed by atoms with E-state index in [4.69, 9.17) is 33.9 Å². The Bertz CT molecular complexity index is 1190. The van der Waals surface area contributed by atoms with Crippen LogP contribution >= 0.6 is 11.8 Å². The molecule has 1 fully saturated rings. The average Bonchev–Trinajstić information content (AvgIpc) is 3.42. The summed E-state index contributed by atoms with van der Waals surface area (Å²) in [5.41, 5.74) is 3.57. The van der Waals surface area contributed by atoms with Crippen molar-refractivity contribution >= 4 is 47.3 Å². The molecule has 3 atom stereocenters. The maximum Gasteiger partial charge on any atom is 0.404 e. The van der Waals surface area contributed by atoms with Gasteiger partial charge in [0.15, 0.2) is 11.4 Å². The number of hydrogen-bond acceptors (Lipinski definition) is 13. The molecule has 15 nitrogen and oxygen atoms in total. The number of nitrogens with one attached hydrogen (secondary N) is 1. The second-order valence-corrected chi connectivity index (χ2v) is 9.72. The molecule has 212 valence electrons. The summed E-state index contributed by atoms with van der Waals surface area (Å²) < 4.78 is 25.5. The van der Waals surface area contributed by atoms with E-state index in [1.807, 2.05) is 0 Å². The Morgan fingerprint density at radius 2 is 2.00 bits per heavy atom. The van der Waals surface area contributed by atoms with Crippen LogP contribution in [0.1, 0.15) is 26.5 Å². The monoisotopic (exact) mass is 568 g/mol. The first kappa shape index (κ1) is 29.5. The lowest BCUT2D eigenvalue weighted by Crippen LogP contribution is -2.71. The van der Waals surface area contributed by atoms with Crippen molar-refractivity contribution in [2.45, 2.75) is 44.1 Å². The smallest absolute Gasteiger partial charge is 0.404 e. The molecule has 1 aromatic heterocycles. The number of furan rings is 1. The Labute approximate surface area is 226 Å². The highest BCUT2D eigenvalue weighted by Crippen LogP contribution is 2.41. The first-order valence-electron chi connectivity index (χ1n) is 11.4. The molecule has 3 unspecified atom stereocenters. The molecule has 0 aromatic carbocycles. The lowest BCUT2D eigenvalue weighted by Gasteiger charge is -2.49. The second-order valence-electron chi connectivity index (χ2n) is 8.61. The van der Waals surface area contributed by atoms with Gasteiger partial charge in [-0.1, -0.05) is 5.16 Å². The van der Waals surface area contributed by atoms with Gasteiger partial charge in [0.2, 0.25) is 12.0 Å². The Hall–Kier alpha value is -4.05. The molecule has 0 bridgehead atoms. The molecule has 1 aromatic rings. The van der Waals surface area contributed by atoms with Gasteiger partial charge in [0.1, 0.15) is 30.8 Å². The van der Waals surface area contributed by atoms with Crippen molar-refractivity contribution < 1.29 is 52.2 Å². The number of nitrogens with zero attached hydrogens (tertiary/aromatic N) is 2. The third kappa shape index (κ3) is 6.51. The quantitative estimate of drug-likeness (QED) is 0.121. The van der Waals surface area contributed by atoms with Crippen LogP contribution in [0.15, 0.2) is 39.2 Å². The first-order chi connectivity index (χ1) is 18.4. The van der Waals surface area contributed by atoms with Gasteiger partial charge < -0.3 is 39.3 Å². The van der Waals surface area contributed by atoms with Crippen LogP contribution in [-0.4, -0.2) is 90.3 Å². The third-order valence-electron chi connectivity index (χ3n) is 5.62. The number of methoxy groups -OCH3 is 1. The summed E-state index contributed by atoms with van der Waals surface area (Å²) >= 11 is 1.20. The van der Waals surface area contributed by atoms with Crippen molar-refractivity contribution in [2.24, 2.45) is 10.9 Å². The average molecular weight is 569 g/mol. The predicted molar refractivity (Wildman–Crippen MR) is 133 cm³/mol. The normalized spacial score (nSPS) is 19.9. The molecule has 1 saturated heterocycles. The van der Waals surface area contributed by atoms with E-state index >= 15 is 0 Å². The topological polar surface area (TPSA) is 198 Å². The molecule has 0 radical (unpaired) electrons. The number of carbonyl (C=O) groups is 5. The fourth-order valence-corrected chi connectivity index (χ4v) is 4.79. The van der Waals surface area contributed by atoms with E-state index in [1.54, 1.807) is 6.07 Å². The van der Waals surface area contributed by atoms with Gasteiger partial charge in [0.25, 0.3) is 11.8 Å². The van der Waals surface area contributed by atoms with E-state index in [2.05, 4.69) is 10.5 Å². The number of rotatable bonds is 11. The summed E-state index contributed by atoms with van der Waals surface area (Å²) in [6.07, 6.45) is -1.10. The van der Waals surface area contributed by atoms with Gasteiger partial charge in [-0.25, -0.2) is 14.4 Å². The van der Waals surface area contributed by atoms with Crippen molar-refractivity contribution in [3.05, 3.63) is 35.4 Å². The number of primary amides is 1. The highest BCUT2D eigenvalue weighted by molar-refractivity contribution is 8.00. The van der Waals surface area contributed by atoms with Gasteiger partial charge in [-0.2, -0.15) is 0 Å². The lowest BCUT2D eigenvalue weighted by atomic mass is 10.0. The zero-order valence-corrected chi connectivity index (χ0v) is 22.6. The summed E-state index contributed by atoms with van der Waals surface area (Å²) in [5, 5.41) is 5.52. The molecule has 2 aliphatic rings. The molecule has 0 aliphatic carbocycles. The highest BCUT2D eigenvalue weighted by atomic mass is 32.2. The van der Waals surface area contributed by atoms with Crippen LogP contribution in [0.4, 0.5) is 4.79 Å². The molecule has 3 N–H and O–H groups in total. The molecular formula is C23H28N4O11S. The van der Waals surface area contributed by atoms with Crippen molar-refractivity contribution in [1.82, 2.24) is 10.2 Å². The summed E-state index contributed by atoms with van der Waals surface area (Å²) in [7, 11) is 2.56. The van der Waals surface area contributed by atoms with Gasteiger partial charge in [-0.15, -0.1) is 11.8 Å². The minimum atomic E-state index is -1.36. The SMILES string of the molecule is CO/N=C(\C(=O)NC1C(=O)N2C(C(=O)OC(C)OC(=O)C(C)(C)OC)=C(COC(N)=O)CSC12)c1ccco1. The molecule has 0 spiro atoms. The lowest BCUT2D eigenvalue weighted by molar-refractivity contribution is -0.197. The second kappa shape index (κ2) is 12.2. The van der Waals surface area contributed by atoms with Crippen LogP contribution in [0.2, 0.25) is 0 Å². The van der Waals surface area contributed by atoms with Crippen molar-refractivity contribution in [3.8, 4) is 0 Å². The first-order valence-corrected chi connectivity index (χ1v) is 12.5. The van der Waals surface area contributed by atoms with Gasteiger partial charge in [0, 0.05) is 25.4 Å². The number of fused-ring (bicyclic) bond motifs is 1. The largest absolute Gasteiger partial charge is 0.462 e. The van der Waals surface area contributed by atoms with Crippen LogP contribution < -0.4 is 11.1 Å². The number of carbonyl (C=O) groups excluding carboxylic acids is 5. The maximum absolute atomic E-state index is 13.2. The molecule has 2 aliphatic heterocycles. The van der Waals surface area contributed by atoms with Crippen LogP contribution in [0.5, 0.6) is 0 Å². The van der Waals surface area contributed by atoms with Crippen LogP contribution in [0, 0.1) is 0 Å². The number of amides is 3. The zero-order valence-electron chi connectivity index (χ0n) is 21.7. The van der Waals surface area contributed by atoms with E-state index in [9.17, 15) is 24.0 Å². The fourth-order valence-electron chi connectivity index (χ4n) is 3.46. The molecule has 16 heteroatoms. The summed E-state index contributed by atoms with van der Waals surface area (Å²) in [6, 6.07) is 2.00. The van der Waals surface area contributed by atoms with Crippen LogP contribution in [0.25, 0.3) is 0 Å².